The average Bonchev–Trinajstić information content (AvgIpc) is 2.44. The molecule has 1 aliphatic heterocycles. The summed E-state index contributed by atoms with van der Waals surface area (Å²) in [6.07, 6.45) is -0.879. The van der Waals surface area contributed by atoms with Crippen LogP contribution in [0.15, 0.2) is 11.5 Å². The number of ether oxygens (including phenoxy) is 1. The van der Waals surface area contributed by atoms with Crippen LogP contribution in [0, 0.1) is 0 Å². The summed E-state index contributed by atoms with van der Waals surface area (Å²) >= 11 is 0. The molecule has 86 valence electrons. The molecule has 2 atom stereocenters. The lowest BCUT2D eigenvalue weighted by molar-refractivity contribution is -0.0442. The normalized spacial score (nSPS) is 37.5. The van der Waals surface area contributed by atoms with E-state index in [9.17, 15) is 15.3 Å². The van der Waals surface area contributed by atoms with Crippen LogP contribution in [0.25, 0.3) is 0 Å². The van der Waals surface area contributed by atoms with Gasteiger partial charge in [-0.05, 0) is 6.92 Å². The highest BCUT2D eigenvalue weighted by Gasteiger charge is 2.44. The zero-order valence-corrected chi connectivity index (χ0v) is 8.81. The molecule has 1 saturated heterocycles. The van der Waals surface area contributed by atoms with Gasteiger partial charge in [-0.25, -0.2) is 0 Å². The highest BCUT2D eigenvalue weighted by atomic mass is 16.5. The summed E-state index contributed by atoms with van der Waals surface area (Å²) in [7, 11) is 0. The Kier molecular flexibility index (Phi) is 2.62. The molecule has 5 nitrogen and oxygen atoms in total. The van der Waals surface area contributed by atoms with Gasteiger partial charge in [0.1, 0.15) is 17.5 Å². The van der Waals surface area contributed by atoms with Gasteiger partial charge in [0.15, 0.2) is 0 Å². The first kappa shape index (κ1) is 10.7. The second-order valence-electron chi connectivity index (χ2n) is 4.37. The molecule has 2 aliphatic rings. The van der Waals surface area contributed by atoms with Crippen LogP contribution in [0.4, 0.5) is 0 Å². The second-order valence-corrected chi connectivity index (χ2v) is 4.37. The molecule has 0 bridgehead atoms. The van der Waals surface area contributed by atoms with Crippen molar-refractivity contribution in [1.82, 2.24) is 4.90 Å². The van der Waals surface area contributed by atoms with Crippen LogP contribution < -0.4 is 0 Å². The molecule has 0 aromatic carbocycles. The largest absolute Gasteiger partial charge is 0.508 e. The van der Waals surface area contributed by atoms with Gasteiger partial charge in [-0.2, -0.15) is 0 Å². The lowest BCUT2D eigenvalue weighted by Gasteiger charge is -2.30. The summed E-state index contributed by atoms with van der Waals surface area (Å²) in [6, 6.07) is 0. The molecule has 0 amide bonds. The molecule has 5 heteroatoms. The quantitative estimate of drug-likeness (QED) is 0.555. The zero-order valence-electron chi connectivity index (χ0n) is 8.81. The zero-order chi connectivity index (χ0) is 11.1. The van der Waals surface area contributed by atoms with Gasteiger partial charge >= 0.3 is 0 Å². The van der Waals surface area contributed by atoms with Crippen LogP contribution in [0.1, 0.15) is 13.3 Å². The van der Waals surface area contributed by atoms with E-state index in [4.69, 9.17) is 4.74 Å². The van der Waals surface area contributed by atoms with E-state index in [0.717, 1.165) is 0 Å². The molecule has 0 spiro atoms. The maximum atomic E-state index is 9.82. The minimum Gasteiger partial charge on any atom is -0.508 e. The Morgan fingerprint density at radius 1 is 1.40 bits per heavy atom. The Morgan fingerprint density at radius 3 is 2.47 bits per heavy atom. The smallest absolute Gasteiger partial charge is 0.143 e. The number of aliphatic hydroxyl groups excluding tert-OH is 2. The van der Waals surface area contributed by atoms with E-state index in [1.807, 2.05) is 4.90 Å². The van der Waals surface area contributed by atoms with Crippen LogP contribution in [-0.2, 0) is 4.74 Å². The van der Waals surface area contributed by atoms with Crippen molar-refractivity contribution in [3.05, 3.63) is 11.5 Å². The molecule has 1 fully saturated rings. The number of hydrogen-bond acceptors (Lipinski definition) is 5. The minimum absolute atomic E-state index is 0.0955. The Labute approximate surface area is 88.6 Å². The summed E-state index contributed by atoms with van der Waals surface area (Å²) in [4.78, 5) is 1.96. The van der Waals surface area contributed by atoms with Crippen LogP contribution in [0.5, 0.6) is 0 Å². The lowest BCUT2D eigenvalue weighted by Crippen LogP contribution is -2.37. The maximum absolute atomic E-state index is 9.82. The highest BCUT2D eigenvalue weighted by molar-refractivity contribution is 5.24. The maximum Gasteiger partial charge on any atom is 0.143 e. The van der Waals surface area contributed by atoms with Crippen LogP contribution in [0.3, 0.4) is 0 Å². The third kappa shape index (κ3) is 1.82. The molecule has 0 aromatic heterocycles. The molecule has 0 radical (unpaired) electrons. The average molecular weight is 215 g/mol. The van der Waals surface area contributed by atoms with E-state index >= 15 is 0 Å². The van der Waals surface area contributed by atoms with Crippen LogP contribution in [0.2, 0.25) is 0 Å². The van der Waals surface area contributed by atoms with Gasteiger partial charge in [0.05, 0.1) is 18.9 Å². The minimum atomic E-state index is -1.25. The number of nitrogens with zero attached hydrogens (tertiary/aromatic N) is 1. The molecule has 1 aliphatic carbocycles. The monoisotopic (exact) mass is 215 g/mol. The Hall–Kier alpha value is -0.780. The Balaban J connectivity index is 2.15. The number of hydrogen-bond donors (Lipinski definition) is 3. The van der Waals surface area contributed by atoms with Crippen molar-refractivity contribution < 1.29 is 20.1 Å². The fraction of sp³-hybridized carbons (Fsp3) is 0.800. The summed E-state index contributed by atoms with van der Waals surface area (Å²) < 4.78 is 5.20. The van der Waals surface area contributed by atoms with Gasteiger partial charge in [0.2, 0.25) is 0 Å². The van der Waals surface area contributed by atoms with E-state index in [-0.39, 0.29) is 5.76 Å². The van der Waals surface area contributed by atoms with Gasteiger partial charge in [-0.1, -0.05) is 0 Å². The summed E-state index contributed by atoms with van der Waals surface area (Å²) in [6.45, 7) is 4.16. The lowest BCUT2D eigenvalue weighted by atomic mass is 10.0. The molecule has 15 heavy (non-hydrogen) atoms. The molecule has 1 heterocycles. The topological polar surface area (TPSA) is 73.2 Å². The standard InChI is InChI=1S/C10H17NO4/c1-10(14)6-7(8(12)9(10)13)11-2-4-15-5-3-11/h9,12-14H,2-6H2,1H3. The van der Waals surface area contributed by atoms with E-state index in [1.54, 1.807) is 0 Å². The number of aliphatic hydroxyl groups is 3. The first-order valence-electron chi connectivity index (χ1n) is 5.17. The van der Waals surface area contributed by atoms with Gasteiger partial charge in [0, 0.05) is 19.5 Å². The first-order chi connectivity index (χ1) is 7.02. The molecule has 2 rings (SSSR count). The van der Waals surface area contributed by atoms with Crippen molar-refractivity contribution in [3.63, 3.8) is 0 Å². The molecular weight excluding hydrogens is 198 g/mol. The first-order valence-corrected chi connectivity index (χ1v) is 5.17. The number of morpholine rings is 1. The summed E-state index contributed by atoms with van der Waals surface area (Å²) in [5, 5.41) is 29.2. The third-order valence-corrected chi connectivity index (χ3v) is 3.06. The van der Waals surface area contributed by atoms with Crippen molar-refractivity contribution >= 4 is 0 Å². The molecule has 3 N–H and O–H groups in total. The highest BCUT2D eigenvalue weighted by Crippen LogP contribution is 2.35. The van der Waals surface area contributed by atoms with E-state index in [0.29, 0.717) is 38.4 Å². The molecule has 0 saturated carbocycles. The van der Waals surface area contributed by atoms with Gasteiger partial charge in [0.25, 0.3) is 0 Å². The van der Waals surface area contributed by atoms with Crippen LogP contribution >= 0.6 is 0 Å². The van der Waals surface area contributed by atoms with Gasteiger partial charge in [-0.3, -0.25) is 0 Å². The third-order valence-electron chi connectivity index (χ3n) is 3.06. The van der Waals surface area contributed by atoms with Crippen molar-refractivity contribution in [2.45, 2.75) is 25.0 Å². The van der Waals surface area contributed by atoms with Crippen molar-refractivity contribution in [2.24, 2.45) is 0 Å². The second kappa shape index (κ2) is 3.66. The predicted molar refractivity (Wildman–Crippen MR) is 53.3 cm³/mol. The van der Waals surface area contributed by atoms with Gasteiger partial charge < -0.3 is 25.0 Å². The fourth-order valence-corrected chi connectivity index (χ4v) is 2.09. The molecular formula is C10H17NO4. The SMILES string of the molecule is CC1(O)CC(N2CCOCC2)=C(O)C1O. The summed E-state index contributed by atoms with van der Waals surface area (Å²) in [5.74, 6) is -0.0955. The van der Waals surface area contributed by atoms with E-state index in [2.05, 4.69) is 0 Å². The molecule has 2 unspecified atom stereocenters. The predicted octanol–water partition coefficient (Wildman–Crippen LogP) is -0.396. The van der Waals surface area contributed by atoms with Crippen molar-refractivity contribution in [3.8, 4) is 0 Å². The van der Waals surface area contributed by atoms with Crippen molar-refractivity contribution in [1.29, 1.82) is 0 Å². The van der Waals surface area contributed by atoms with E-state index < -0.39 is 11.7 Å². The van der Waals surface area contributed by atoms with Crippen LogP contribution in [-0.4, -0.2) is 58.2 Å². The Morgan fingerprint density at radius 2 is 2.00 bits per heavy atom. The Bertz CT molecular complexity index is 281. The fourth-order valence-electron chi connectivity index (χ4n) is 2.09. The number of rotatable bonds is 1. The van der Waals surface area contributed by atoms with E-state index in [1.165, 1.54) is 6.92 Å². The molecule has 0 aromatic rings. The van der Waals surface area contributed by atoms with Gasteiger partial charge in [-0.15, -0.1) is 0 Å². The van der Waals surface area contributed by atoms with Crippen molar-refractivity contribution in [2.75, 3.05) is 26.3 Å². The summed E-state index contributed by atoms with van der Waals surface area (Å²) in [5.41, 5.74) is -0.603.